The second-order valence-corrected chi connectivity index (χ2v) is 7.04. The van der Waals surface area contributed by atoms with E-state index in [1.807, 2.05) is 20.0 Å². The second-order valence-electron chi connectivity index (χ2n) is 6.63. The molecule has 1 aliphatic heterocycles. The fraction of sp³-hybridized carbons (Fsp3) is 0.333. The third-order valence-corrected chi connectivity index (χ3v) is 5.30. The SMILES string of the molecule is C/C=C\c1c(Cl)cc(C(NC)c2ccc(N3CCCC3)cc2)c(O)c1N. The van der Waals surface area contributed by atoms with E-state index in [1.165, 1.54) is 18.5 Å². The molecule has 138 valence electrons. The van der Waals surface area contributed by atoms with Crippen molar-refractivity contribution < 1.29 is 5.11 Å². The normalized spacial score (nSPS) is 15.7. The van der Waals surface area contributed by atoms with E-state index >= 15 is 0 Å². The van der Waals surface area contributed by atoms with Crippen molar-refractivity contribution in [3.05, 3.63) is 58.1 Å². The standard InChI is InChI=1S/C21H26ClN3O/c1-3-6-16-18(22)13-17(21(26)19(16)23)20(24-2)14-7-9-15(10-8-14)25-11-4-5-12-25/h3,6-10,13,20,24,26H,4-5,11-12,23H2,1-2H3/b6-3-. The van der Waals surface area contributed by atoms with Gasteiger partial charge in [0.15, 0.2) is 0 Å². The predicted molar refractivity (Wildman–Crippen MR) is 111 cm³/mol. The Balaban J connectivity index is 1.96. The van der Waals surface area contributed by atoms with Gasteiger partial charge in [0.05, 0.1) is 16.8 Å². The van der Waals surface area contributed by atoms with Crippen LogP contribution in [0.4, 0.5) is 11.4 Å². The number of nitrogens with two attached hydrogens (primary N) is 1. The monoisotopic (exact) mass is 371 g/mol. The van der Waals surface area contributed by atoms with Crippen LogP contribution in [0.5, 0.6) is 5.75 Å². The van der Waals surface area contributed by atoms with Crippen LogP contribution in [-0.2, 0) is 0 Å². The minimum absolute atomic E-state index is 0.0745. The maximum atomic E-state index is 10.7. The number of hydrogen-bond acceptors (Lipinski definition) is 4. The lowest BCUT2D eigenvalue weighted by Crippen LogP contribution is -2.20. The lowest BCUT2D eigenvalue weighted by molar-refractivity contribution is 0.463. The summed E-state index contributed by atoms with van der Waals surface area (Å²) in [5.74, 6) is 0.0745. The largest absolute Gasteiger partial charge is 0.505 e. The lowest BCUT2D eigenvalue weighted by atomic mass is 9.95. The zero-order valence-corrected chi connectivity index (χ0v) is 16.1. The highest BCUT2D eigenvalue weighted by molar-refractivity contribution is 6.32. The Morgan fingerprint density at radius 1 is 1.23 bits per heavy atom. The van der Waals surface area contributed by atoms with E-state index in [-0.39, 0.29) is 11.8 Å². The highest BCUT2D eigenvalue weighted by Gasteiger charge is 2.21. The minimum Gasteiger partial charge on any atom is -0.505 e. The first kappa shape index (κ1) is 18.6. The van der Waals surface area contributed by atoms with Gasteiger partial charge in [-0.15, -0.1) is 0 Å². The van der Waals surface area contributed by atoms with Gasteiger partial charge < -0.3 is 21.1 Å². The molecule has 1 saturated heterocycles. The number of nitrogens with one attached hydrogen (secondary N) is 1. The summed E-state index contributed by atoms with van der Waals surface area (Å²) in [7, 11) is 1.86. The molecule has 0 aromatic heterocycles. The molecule has 1 fully saturated rings. The summed E-state index contributed by atoms with van der Waals surface area (Å²) in [4.78, 5) is 2.40. The first-order valence-corrected chi connectivity index (χ1v) is 9.40. The highest BCUT2D eigenvalue weighted by Crippen LogP contribution is 2.40. The first-order valence-electron chi connectivity index (χ1n) is 9.02. The smallest absolute Gasteiger partial charge is 0.144 e. The number of anilines is 2. The van der Waals surface area contributed by atoms with Gasteiger partial charge in [0, 0.05) is 29.9 Å². The summed E-state index contributed by atoms with van der Waals surface area (Å²) in [6.07, 6.45) is 6.17. The molecule has 0 amide bonds. The number of nitrogen functional groups attached to an aromatic ring is 1. The van der Waals surface area contributed by atoms with E-state index in [9.17, 15) is 5.11 Å². The Kier molecular flexibility index (Phi) is 5.74. The molecule has 1 heterocycles. The predicted octanol–water partition coefficient (Wildman–Crippen LogP) is 4.57. The molecule has 0 bridgehead atoms. The molecule has 4 N–H and O–H groups in total. The maximum Gasteiger partial charge on any atom is 0.144 e. The quantitative estimate of drug-likeness (QED) is 0.532. The second kappa shape index (κ2) is 8.02. The van der Waals surface area contributed by atoms with E-state index in [4.69, 9.17) is 17.3 Å². The number of rotatable bonds is 5. The molecule has 0 radical (unpaired) electrons. The van der Waals surface area contributed by atoms with Gasteiger partial charge in [-0.25, -0.2) is 0 Å². The minimum atomic E-state index is -0.193. The van der Waals surface area contributed by atoms with Gasteiger partial charge in [0.1, 0.15) is 5.75 Å². The van der Waals surface area contributed by atoms with E-state index < -0.39 is 0 Å². The number of halogens is 1. The average molecular weight is 372 g/mol. The van der Waals surface area contributed by atoms with Gasteiger partial charge in [-0.3, -0.25) is 0 Å². The van der Waals surface area contributed by atoms with Crippen molar-refractivity contribution in [2.24, 2.45) is 0 Å². The first-order chi connectivity index (χ1) is 12.6. The Morgan fingerprint density at radius 3 is 2.46 bits per heavy atom. The number of aromatic hydroxyl groups is 1. The van der Waals surface area contributed by atoms with Crippen LogP contribution in [-0.4, -0.2) is 25.2 Å². The van der Waals surface area contributed by atoms with Crippen molar-refractivity contribution in [3.8, 4) is 5.75 Å². The van der Waals surface area contributed by atoms with Crippen molar-refractivity contribution in [1.82, 2.24) is 5.32 Å². The van der Waals surface area contributed by atoms with Crippen LogP contribution in [0.15, 0.2) is 36.4 Å². The van der Waals surface area contributed by atoms with E-state index in [1.54, 1.807) is 12.1 Å². The fourth-order valence-electron chi connectivity index (χ4n) is 3.61. The summed E-state index contributed by atoms with van der Waals surface area (Å²) in [6.45, 7) is 4.13. The number of allylic oxidation sites excluding steroid dienone is 1. The van der Waals surface area contributed by atoms with Crippen molar-refractivity contribution in [1.29, 1.82) is 0 Å². The molecule has 0 aliphatic carbocycles. The van der Waals surface area contributed by atoms with Crippen LogP contribution in [0.1, 0.15) is 42.5 Å². The Morgan fingerprint density at radius 2 is 1.88 bits per heavy atom. The molecule has 1 unspecified atom stereocenters. The van der Waals surface area contributed by atoms with Crippen LogP contribution in [0, 0.1) is 0 Å². The average Bonchev–Trinajstić information content (AvgIpc) is 3.19. The number of hydrogen-bond donors (Lipinski definition) is 3. The molecule has 0 saturated carbocycles. The number of phenols is 1. The van der Waals surface area contributed by atoms with Crippen LogP contribution >= 0.6 is 11.6 Å². The lowest BCUT2D eigenvalue weighted by Gasteiger charge is -2.22. The summed E-state index contributed by atoms with van der Waals surface area (Å²) < 4.78 is 0. The van der Waals surface area contributed by atoms with Gasteiger partial charge >= 0.3 is 0 Å². The molecule has 26 heavy (non-hydrogen) atoms. The number of phenolic OH excluding ortho intramolecular Hbond substituents is 1. The van der Waals surface area contributed by atoms with Crippen molar-refractivity contribution in [2.75, 3.05) is 30.8 Å². The molecule has 2 aromatic carbocycles. The summed E-state index contributed by atoms with van der Waals surface area (Å²) in [5.41, 5.74) is 10.1. The van der Waals surface area contributed by atoms with Crippen molar-refractivity contribution >= 4 is 29.1 Å². The Bertz CT molecular complexity index is 796. The topological polar surface area (TPSA) is 61.5 Å². The zero-order chi connectivity index (χ0) is 18.7. The van der Waals surface area contributed by atoms with Crippen LogP contribution in [0.2, 0.25) is 5.02 Å². The van der Waals surface area contributed by atoms with Gasteiger partial charge in [0.25, 0.3) is 0 Å². The molecule has 3 rings (SSSR count). The zero-order valence-electron chi connectivity index (χ0n) is 15.3. The molecule has 1 aliphatic rings. The molecule has 5 heteroatoms. The third kappa shape index (κ3) is 3.53. The summed E-state index contributed by atoms with van der Waals surface area (Å²) >= 11 is 6.41. The third-order valence-electron chi connectivity index (χ3n) is 4.99. The van der Waals surface area contributed by atoms with Gasteiger partial charge in [-0.05, 0) is 50.6 Å². The molecule has 1 atom stereocenters. The van der Waals surface area contributed by atoms with Crippen molar-refractivity contribution in [3.63, 3.8) is 0 Å². The van der Waals surface area contributed by atoms with Crippen LogP contribution in [0.3, 0.4) is 0 Å². The molecular formula is C21H26ClN3O. The van der Waals surface area contributed by atoms with Gasteiger partial charge in [-0.1, -0.05) is 35.9 Å². The Labute approximate surface area is 160 Å². The van der Waals surface area contributed by atoms with Crippen LogP contribution in [0.25, 0.3) is 6.08 Å². The van der Waals surface area contributed by atoms with E-state index in [2.05, 4.69) is 34.5 Å². The molecular weight excluding hydrogens is 346 g/mol. The summed E-state index contributed by atoms with van der Waals surface area (Å²) in [5, 5.41) is 14.4. The number of nitrogens with zero attached hydrogens (tertiary/aromatic N) is 1. The van der Waals surface area contributed by atoms with Crippen molar-refractivity contribution in [2.45, 2.75) is 25.8 Å². The van der Waals surface area contributed by atoms with Gasteiger partial charge in [-0.2, -0.15) is 0 Å². The van der Waals surface area contributed by atoms with E-state index in [0.29, 0.717) is 21.8 Å². The van der Waals surface area contributed by atoms with Crippen LogP contribution < -0.4 is 16.0 Å². The fourth-order valence-corrected chi connectivity index (χ4v) is 3.89. The van der Waals surface area contributed by atoms with E-state index in [0.717, 1.165) is 18.7 Å². The van der Waals surface area contributed by atoms with Gasteiger partial charge in [0.2, 0.25) is 0 Å². The Hall–Kier alpha value is -2.17. The highest BCUT2D eigenvalue weighted by atomic mass is 35.5. The number of benzene rings is 2. The molecule has 2 aromatic rings. The summed E-state index contributed by atoms with van der Waals surface area (Å²) in [6, 6.07) is 10.1. The molecule has 0 spiro atoms. The molecule has 4 nitrogen and oxygen atoms in total. The maximum absolute atomic E-state index is 10.7.